The van der Waals surface area contributed by atoms with Crippen LogP contribution in [0.5, 0.6) is 0 Å². The number of nitrogens with one attached hydrogen (secondary N) is 3. The Morgan fingerprint density at radius 2 is 1.75 bits per heavy atom. The molecule has 1 aliphatic carbocycles. The van der Waals surface area contributed by atoms with Gasteiger partial charge in [-0.2, -0.15) is 11.8 Å². The number of amides is 2. The molecule has 0 radical (unpaired) electrons. The monoisotopic (exact) mass is 534 g/mol. The smallest absolute Gasteiger partial charge is 0.244 e. The minimum absolute atomic E-state index is 0.0455. The fourth-order valence-corrected chi connectivity index (χ4v) is 6.80. The van der Waals surface area contributed by atoms with Crippen LogP contribution in [0.4, 0.5) is 0 Å². The SMILES string of the molecule is CSCNCC(=O)NC(C(=O)NC1CCN(Cc2ccccc2)CC1)C(C)(C)SCC1CCCCC1. The van der Waals surface area contributed by atoms with Crippen LogP contribution in [0.2, 0.25) is 0 Å². The van der Waals surface area contributed by atoms with Crippen molar-refractivity contribution in [3.05, 3.63) is 35.9 Å². The highest BCUT2D eigenvalue weighted by Gasteiger charge is 2.38. The van der Waals surface area contributed by atoms with Crippen LogP contribution in [0.1, 0.15) is 64.4 Å². The van der Waals surface area contributed by atoms with Gasteiger partial charge in [-0.1, -0.05) is 49.6 Å². The minimum Gasteiger partial charge on any atom is -0.351 e. The van der Waals surface area contributed by atoms with Crippen molar-refractivity contribution >= 4 is 35.3 Å². The second-order valence-corrected chi connectivity index (χ2v) is 13.4. The molecule has 1 aliphatic heterocycles. The molecule has 8 heteroatoms. The largest absolute Gasteiger partial charge is 0.351 e. The van der Waals surface area contributed by atoms with Gasteiger partial charge in [-0.3, -0.25) is 19.8 Å². The van der Waals surface area contributed by atoms with E-state index in [0.29, 0.717) is 5.88 Å². The predicted molar refractivity (Wildman–Crippen MR) is 154 cm³/mol. The number of rotatable bonds is 13. The zero-order valence-corrected chi connectivity index (χ0v) is 24.0. The lowest BCUT2D eigenvalue weighted by molar-refractivity contribution is -0.129. The minimum atomic E-state index is -0.558. The number of likely N-dealkylation sites (tertiary alicyclic amines) is 1. The van der Waals surface area contributed by atoms with Gasteiger partial charge in [0.15, 0.2) is 0 Å². The molecule has 2 fully saturated rings. The molecule has 1 heterocycles. The molecule has 0 bridgehead atoms. The van der Waals surface area contributed by atoms with E-state index < -0.39 is 6.04 Å². The van der Waals surface area contributed by atoms with Gasteiger partial charge in [0.05, 0.1) is 6.54 Å². The summed E-state index contributed by atoms with van der Waals surface area (Å²) < 4.78 is -0.384. The van der Waals surface area contributed by atoms with Gasteiger partial charge in [-0.25, -0.2) is 0 Å². The maximum Gasteiger partial charge on any atom is 0.244 e. The summed E-state index contributed by atoms with van der Waals surface area (Å²) in [6.07, 6.45) is 10.4. The van der Waals surface area contributed by atoms with Crippen molar-refractivity contribution in [3.8, 4) is 0 Å². The van der Waals surface area contributed by atoms with Gasteiger partial charge >= 0.3 is 0 Å². The van der Waals surface area contributed by atoms with Gasteiger partial charge in [-0.05, 0) is 63.0 Å². The molecule has 2 aliphatic rings. The van der Waals surface area contributed by atoms with Crippen molar-refractivity contribution in [2.75, 3.05) is 37.5 Å². The first kappa shape index (κ1) is 29.3. The highest BCUT2D eigenvalue weighted by molar-refractivity contribution is 8.00. The number of benzene rings is 1. The molecule has 202 valence electrons. The Bertz CT molecular complexity index is 794. The molecule has 0 spiro atoms. The number of carbonyl (C=O) groups excluding carboxylic acids is 2. The second kappa shape index (κ2) is 15.3. The molecule has 2 amide bonds. The molecule has 1 atom stereocenters. The summed E-state index contributed by atoms with van der Waals surface area (Å²) in [5.74, 6) is 2.32. The number of nitrogens with zero attached hydrogens (tertiary/aromatic N) is 1. The zero-order chi connectivity index (χ0) is 25.8. The summed E-state index contributed by atoms with van der Waals surface area (Å²) in [7, 11) is 0. The number of piperidine rings is 1. The van der Waals surface area contributed by atoms with E-state index in [2.05, 4.69) is 59.0 Å². The third-order valence-electron chi connectivity index (χ3n) is 7.39. The van der Waals surface area contributed by atoms with Gasteiger partial charge in [0.25, 0.3) is 0 Å². The Hall–Kier alpha value is -1.22. The molecular formula is C28H46N4O2S2. The first-order valence-corrected chi connectivity index (χ1v) is 15.9. The van der Waals surface area contributed by atoms with Gasteiger partial charge in [0.1, 0.15) is 6.04 Å². The van der Waals surface area contributed by atoms with Crippen molar-refractivity contribution in [1.82, 2.24) is 20.9 Å². The summed E-state index contributed by atoms with van der Waals surface area (Å²) in [5.41, 5.74) is 1.33. The highest BCUT2D eigenvalue weighted by atomic mass is 32.2. The molecule has 6 nitrogen and oxygen atoms in total. The van der Waals surface area contributed by atoms with E-state index in [4.69, 9.17) is 0 Å². The lowest BCUT2D eigenvalue weighted by atomic mass is 9.91. The van der Waals surface area contributed by atoms with Crippen LogP contribution in [-0.4, -0.2) is 71.1 Å². The maximum atomic E-state index is 13.6. The van der Waals surface area contributed by atoms with Crippen LogP contribution >= 0.6 is 23.5 Å². The van der Waals surface area contributed by atoms with E-state index >= 15 is 0 Å². The van der Waals surface area contributed by atoms with Gasteiger partial charge in [0.2, 0.25) is 11.8 Å². The van der Waals surface area contributed by atoms with E-state index in [1.165, 1.54) is 37.7 Å². The molecule has 3 N–H and O–H groups in total. The van der Waals surface area contributed by atoms with Crippen molar-refractivity contribution in [2.45, 2.75) is 82.2 Å². The Morgan fingerprint density at radius 1 is 1.06 bits per heavy atom. The highest BCUT2D eigenvalue weighted by Crippen LogP contribution is 2.35. The standard InChI is InChI=1S/C28H46N4O2S2/c1-28(2,36-20-23-12-8-5-9-13-23)26(31-25(33)18-29-21-35-3)27(34)30-24-14-16-32(17-15-24)19-22-10-6-4-7-11-22/h4,6-7,10-11,23-24,26,29H,5,8-9,12-21H2,1-3H3,(H,30,34)(H,31,33). The normalized spacial score (nSPS) is 19.1. The Morgan fingerprint density at radius 3 is 2.42 bits per heavy atom. The molecule has 1 unspecified atom stereocenters. The summed E-state index contributed by atoms with van der Waals surface area (Å²) in [5, 5.41) is 9.51. The van der Waals surface area contributed by atoms with Gasteiger partial charge in [-0.15, -0.1) is 11.8 Å². The van der Waals surface area contributed by atoms with E-state index in [9.17, 15) is 9.59 Å². The summed E-state index contributed by atoms with van der Waals surface area (Å²) in [6, 6.07) is 10.1. The van der Waals surface area contributed by atoms with E-state index in [0.717, 1.165) is 44.1 Å². The van der Waals surface area contributed by atoms with Crippen LogP contribution < -0.4 is 16.0 Å². The number of carbonyl (C=O) groups is 2. The van der Waals surface area contributed by atoms with E-state index in [-0.39, 0.29) is 29.1 Å². The molecule has 0 aromatic heterocycles. The Labute approximate surface area is 226 Å². The summed E-state index contributed by atoms with van der Waals surface area (Å²) in [6.45, 7) is 7.34. The lowest BCUT2D eigenvalue weighted by Crippen LogP contribution is -2.59. The molecular weight excluding hydrogens is 488 g/mol. The first-order chi connectivity index (χ1) is 17.4. The first-order valence-electron chi connectivity index (χ1n) is 13.6. The fourth-order valence-electron chi connectivity index (χ4n) is 5.17. The van der Waals surface area contributed by atoms with Gasteiger partial charge < -0.3 is 10.6 Å². The number of thioether (sulfide) groups is 2. The van der Waals surface area contributed by atoms with Crippen molar-refractivity contribution in [2.24, 2.45) is 5.92 Å². The average Bonchev–Trinajstić information content (AvgIpc) is 2.88. The summed E-state index contributed by atoms with van der Waals surface area (Å²) >= 11 is 3.49. The van der Waals surface area contributed by atoms with Crippen LogP contribution in [0.3, 0.4) is 0 Å². The number of hydrogen-bond acceptors (Lipinski definition) is 6. The Balaban J connectivity index is 1.55. The van der Waals surface area contributed by atoms with Gasteiger partial charge in [0, 0.05) is 36.3 Å². The van der Waals surface area contributed by atoms with Crippen molar-refractivity contribution < 1.29 is 9.59 Å². The molecule has 36 heavy (non-hydrogen) atoms. The third kappa shape index (κ3) is 9.92. The predicted octanol–water partition coefficient (Wildman–Crippen LogP) is 4.25. The molecule has 1 saturated heterocycles. The number of hydrogen-bond donors (Lipinski definition) is 3. The van der Waals surface area contributed by atoms with E-state index in [1.54, 1.807) is 11.8 Å². The van der Waals surface area contributed by atoms with Crippen LogP contribution in [0.25, 0.3) is 0 Å². The molecule has 1 saturated carbocycles. The topological polar surface area (TPSA) is 73.5 Å². The molecule has 3 rings (SSSR count). The Kier molecular flexibility index (Phi) is 12.4. The lowest BCUT2D eigenvalue weighted by Gasteiger charge is -2.37. The van der Waals surface area contributed by atoms with Crippen LogP contribution in [-0.2, 0) is 16.1 Å². The van der Waals surface area contributed by atoms with Crippen molar-refractivity contribution in [3.63, 3.8) is 0 Å². The average molecular weight is 535 g/mol. The van der Waals surface area contributed by atoms with Crippen LogP contribution in [0.15, 0.2) is 30.3 Å². The van der Waals surface area contributed by atoms with Crippen molar-refractivity contribution in [1.29, 1.82) is 0 Å². The quantitative estimate of drug-likeness (QED) is 0.260. The second-order valence-electron chi connectivity index (χ2n) is 10.8. The fraction of sp³-hybridized carbons (Fsp3) is 0.714. The molecule has 1 aromatic carbocycles. The van der Waals surface area contributed by atoms with E-state index in [1.807, 2.05) is 24.1 Å². The molecule has 1 aromatic rings. The zero-order valence-electron chi connectivity index (χ0n) is 22.4. The van der Waals surface area contributed by atoms with Crippen LogP contribution in [0, 0.1) is 5.92 Å². The maximum absolute atomic E-state index is 13.6. The third-order valence-corrected chi connectivity index (χ3v) is 9.50. The summed E-state index contributed by atoms with van der Waals surface area (Å²) in [4.78, 5) is 28.7.